The molecule has 0 aliphatic heterocycles. The number of benzene rings is 1. The molecule has 0 atom stereocenters. The van der Waals surface area contributed by atoms with E-state index in [1.165, 1.54) is 19.2 Å². The topological polar surface area (TPSA) is 52.4 Å². The second kappa shape index (κ2) is 4.28. The molecule has 4 nitrogen and oxygen atoms in total. The fraction of sp³-hybridized carbons (Fsp3) is 0.200. The minimum absolute atomic E-state index is 0.00243. The van der Waals surface area contributed by atoms with Crippen molar-refractivity contribution in [3.05, 3.63) is 33.9 Å². The summed E-state index contributed by atoms with van der Waals surface area (Å²) < 4.78 is 4.99. The number of nitro benzene ring substituents is 1. The highest BCUT2D eigenvalue weighted by molar-refractivity contribution is 5.45. The van der Waals surface area contributed by atoms with Crippen molar-refractivity contribution in [2.24, 2.45) is 0 Å². The van der Waals surface area contributed by atoms with Gasteiger partial charge in [0.25, 0.3) is 5.69 Å². The van der Waals surface area contributed by atoms with Crippen LogP contribution in [0.3, 0.4) is 0 Å². The number of hydrogen-bond acceptors (Lipinski definition) is 3. The normalized spacial score (nSPS) is 9.14. The maximum atomic E-state index is 10.4. The molecule has 0 aliphatic rings. The van der Waals surface area contributed by atoms with Crippen molar-refractivity contribution in [1.29, 1.82) is 0 Å². The molecule has 0 radical (unpaired) electrons. The van der Waals surface area contributed by atoms with Gasteiger partial charge < -0.3 is 4.74 Å². The third-order valence-corrected chi connectivity index (χ3v) is 1.77. The van der Waals surface area contributed by atoms with Gasteiger partial charge in [-0.05, 0) is 6.07 Å². The van der Waals surface area contributed by atoms with Crippen LogP contribution in [0, 0.1) is 22.5 Å². The summed E-state index contributed by atoms with van der Waals surface area (Å²) in [6.45, 7) is 0. The summed E-state index contributed by atoms with van der Waals surface area (Å²) in [6, 6.07) is 4.39. The molecule has 1 aromatic carbocycles. The minimum Gasteiger partial charge on any atom is -0.496 e. The number of hydrogen-bond donors (Lipinski definition) is 0. The first kappa shape index (κ1) is 10.1. The monoisotopic (exact) mass is 191 g/mol. The van der Waals surface area contributed by atoms with Gasteiger partial charge in [-0.2, -0.15) is 0 Å². The molecular formula is C10H9NO3. The Kier molecular flexibility index (Phi) is 3.08. The zero-order chi connectivity index (χ0) is 10.6. The van der Waals surface area contributed by atoms with E-state index < -0.39 is 4.92 Å². The van der Waals surface area contributed by atoms with E-state index in [4.69, 9.17) is 11.2 Å². The number of rotatable bonds is 3. The molecule has 0 unspecified atom stereocenters. The molecule has 1 rings (SSSR count). The largest absolute Gasteiger partial charge is 0.496 e. The molecule has 0 fully saturated rings. The lowest BCUT2D eigenvalue weighted by Crippen LogP contribution is -1.94. The lowest BCUT2D eigenvalue weighted by atomic mass is 10.1. The van der Waals surface area contributed by atoms with Gasteiger partial charge >= 0.3 is 0 Å². The summed E-state index contributed by atoms with van der Waals surface area (Å²) in [6.07, 6.45) is 5.55. The molecule has 0 heterocycles. The summed E-state index contributed by atoms with van der Waals surface area (Å²) in [4.78, 5) is 9.98. The number of methoxy groups -OCH3 is 1. The van der Waals surface area contributed by atoms with Gasteiger partial charge in [-0.3, -0.25) is 10.1 Å². The van der Waals surface area contributed by atoms with Gasteiger partial charge in [-0.15, -0.1) is 12.3 Å². The molecule has 0 amide bonds. The van der Waals surface area contributed by atoms with Crippen LogP contribution < -0.4 is 4.74 Å². The predicted molar refractivity (Wildman–Crippen MR) is 52.2 cm³/mol. The van der Waals surface area contributed by atoms with Gasteiger partial charge in [0, 0.05) is 18.1 Å². The highest BCUT2D eigenvalue weighted by atomic mass is 16.6. The van der Waals surface area contributed by atoms with Crippen LogP contribution in [0.5, 0.6) is 5.75 Å². The van der Waals surface area contributed by atoms with Crippen LogP contribution in [0.15, 0.2) is 18.2 Å². The Balaban J connectivity index is 3.12. The first-order valence-corrected chi connectivity index (χ1v) is 3.93. The fourth-order valence-electron chi connectivity index (χ4n) is 1.10. The Morgan fingerprint density at radius 3 is 2.86 bits per heavy atom. The maximum absolute atomic E-state index is 10.4. The van der Waals surface area contributed by atoms with Crippen molar-refractivity contribution < 1.29 is 9.66 Å². The van der Waals surface area contributed by atoms with Crippen LogP contribution >= 0.6 is 0 Å². The number of terminal acetylenes is 1. The fourth-order valence-corrected chi connectivity index (χ4v) is 1.10. The van der Waals surface area contributed by atoms with Crippen LogP contribution in [0.25, 0.3) is 0 Å². The van der Waals surface area contributed by atoms with Crippen molar-refractivity contribution in [2.75, 3.05) is 7.11 Å². The van der Waals surface area contributed by atoms with Crippen LogP contribution in [0.2, 0.25) is 0 Å². The number of nitrogens with zero attached hydrogens (tertiary/aromatic N) is 1. The van der Waals surface area contributed by atoms with E-state index in [-0.39, 0.29) is 5.69 Å². The molecule has 4 heteroatoms. The summed E-state index contributed by atoms with van der Waals surface area (Å²) >= 11 is 0. The van der Waals surface area contributed by atoms with Crippen molar-refractivity contribution in [2.45, 2.75) is 6.42 Å². The Bertz CT molecular complexity index is 393. The molecule has 0 saturated heterocycles. The van der Waals surface area contributed by atoms with E-state index in [9.17, 15) is 10.1 Å². The Hall–Kier alpha value is -2.02. The first-order valence-electron chi connectivity index (χ1n) is 3.93. The van der Waals surface area contributed by atoms with E-state index in [2.05, 4.69) is 5.92 Å². The maximum Gasteiger partial charge on any atom is 0.273 e. The average Bonchev–Trinajstić information content (AvgIpc) is 2.18. The highest BCUT2D eigenvalue weighted by Crippen LogP contribution is 2.24. The predicted octanol–water partition coefficient (Wildman–Crippen LogP) is 1.78. The number of ether oxygens (including phenoxy) is 1. The third kappa shape index (κ3) is 2.02. The standard InChI is InChI=1S/C10H9NO3/c1-3-4-8-5-6-9(11(12)13)7-10(8)14-2/h1,5-7H,4H2,2H3. The Morgan fingerprint density at radius 1 is 1.64 bits per heavy atom. The lowest BCUT2D eigenvalue weighted by molar-refractivity contribution is -0.384. The molecule has 14 heavy (non-hydrogen) atoms. The van der Waals surface area contributed by atoms with Gasteiger partial charge in [-0.25, -0.2) is 0 Å². The molecule has 0 aliphatic carbocycles. The van der Waals surface area contributed by atoms with E-state index in [1.807, 2.05) is 0 Å². The van der Waals surface area contributed by atoms with Crippen molar-refractivity contribution in [1.82, 2.24) is 0 Å². The van der Waals surface area contributed by atoms with Crippen molar-refractivity contribution in [3.63, 3.8) is 0 Å². The zero-order valence-electron chi connectivity index (χ0n) is 7.69. The van der Waals surface area contributed by atoms with Crippen LogP contribution in [-0.4, -0.2) is 12.0 Å². The van der Waals surface area contributed by atoms with Crippen LogP contribution in [-0.2, 0) is 6.42 Å². The molecule has 0 bridgehead atoms. The van der Waals surface area contributed by atoms with E-state index in [1.54, 1.807) is 6.07 Å². The van der Waals surface area contributed by atoms with Crippen LogP contribution in [0.4, 0.5) is 5.69 Å². The highest BCUT2D eigenvalue weighted by Gasteiger charge is 2.09. The van der Waals surface area contributed by atoms with Crippen molar-refractivity contribution in [3.8, 4) is 18.1 Å². The van der Waals surface area contributed by atoms with Gasteiger partial charge in [0.2, 0.25) is 0 Å². The third-order valence-electron chi connectivity index (χ3n) is 1.77. The Labute approximate surface area is 81.7 Å². The summed E-state index contributed by atoms with van der Waals surface area (Å²) in [5.41, 5.74) is 0.781. The summed E-state index contributed by atoms with van der Waals surface area (Å²) in [5.74, 6) is 2.91. The first-order chi connectivity index (χ1) is 6.69. The zero-order valence-corrected chi connectivity index (χ0v) is 7.69. The molecule has 0 aromatic heterocycles. The van der Waals surface area contributed by atoms with E-state index in [0.29, 0.717) is 12.2 Å². The second-order valence-electron chi connectivity index (χ2n) is 2.63. The van der Waals surface area contributed by atoms with Crippen LogP contribution in [0.1, 0.15) is 5.56 Å². The second-order valence-corrected chi connectivity index (χ2v) is 2.63. The van der Waals surface area contributed by atoms with Gasteiger partial charge in [-0.1, -0.05) is 0 Å². The average molecular weight is 191 g/mol. The minimum atomic E-state index is -0.470. The molecule has 0 saturated carbocycles. The molecule has 1 aromatic rings. The lowest BCUT2D eigenvalue weighted by Gasteiger charge is -2.04. The van der Waals surface area contributed by atoms with Gasteiger partial charge in [0.05, 0.1) is 18.1 Å². The van der Waals surface area contributed by atoms with Crippen molar-refractivity contribution >= 4 is 5.69 Å². The molecular weight excluding hydrogens is 182 g/mol. The molecule has 0 spiro atoms. The number of nitro groups is 1. The summed E-state index contributed by atoms with van der Waals surface area (Å²) in [7, 11) is 1.46. The van der Waals surface area contributed by atoms with Gasteiger partial charge in [0.1, 0.15) is 5.75 Å². The van der Waals surface area contributed by atoms with Gasteiger partial charge in [0.15, 0.2) is 0 Å². The quantitative estimate of drug-likeness (QED) is 0.415. The molecule has 0 N–H and O–H groups in total. The molecule has 72 valence electrons. The number of non-ortho nitro benzene ring substituents is 1. The summed E-state index contributed by atoms with van der Waals surface area (Å²) in [5, 5.41) is 10.4. The SMILES string of the molecule is C#CCc1ccc([N+](=O)[O-])cc1OC. The van der Waals surface area contributed by atoms with E-state index in [0.717, 1.165) is 5.56 Å². The smallest absolute Gasteiger partial charge is 0.273 e. The Morgan fingerprint density at radius 2 is 2.36 bits per heavy atom. The van der Waals surface area contributed by atoms with E-state index >= 15 is 0 Å².